The molecule has 2 bridgehead atoms. The zero-order chi connectivity index (χ0) is 43.7. The number of amides is 2. The Morgan fingerprint density at radius 2 is 1.84 bits per heavy atom. The minimum atomic E-state index is -2.38. The zero-order valence-corrected chi connectivity index (χ0v) is 34.0. The molecule has 3 saturated heterocycles. The molecule has 4 N–H and O–H groups in total. The lowest BCUT2D eigenvalue weighted by Gasteiger charge is -2.31. The zero-order valence-electron chi connectivity index (χ0n) is 33.1. The lowest BCUT2D eigenvalue weighted by Crippen LogP contribution is -2.40. The molecule has 0 spiro atoms. The number of fused-ring (bicyclic) bond motifs is 4. The molecule has 25 heteroatoms. The quantitative estimate of drug-likeness (QED) is 0.0476. The fraction of sp³-hybridized carbons (Fsp3) is 0.459. The average molecular weight is 880 g/mol. The SMILES string of the molecule is [C-]#[N+]CCOP(OC[C@H]1O[C@@H](n2cnc3c(=O)[nH]c(NC(=O)C(C)C)nc32)[C@H](OC(=O)O)[C@H]1F)O[C@H]1[C@H]2OC[C@]1(CC)O[C@H]2n1cnc2c(NC(=O)c3ccccc3)ncnc21. The van der Waals surface area contributed by atoms with Gasteiger partial charge in [-0.1, -0.05) is 39.0 Å². The van der Waals surface area contributed by atoms with E-state index in [-0.39, 0.29) is 42.7 Å². The minimum absolute atomic E-state index is 0.0558. The first-order chi connectivity index (χ1) is 29.9. The van der Waals surface area contributed by atoms with E-state index in [2.05, 4.69) is 45.4 Å². The number of nitrogens with zero attached hydrogens (tertiary/aromatic N) is 8. The molecule has 5 aromatic rings. The van der Waals surface area contributed by atoms with Gasteiger partial charge in [-0.2, -0.15) is 4.98 Å². The van der Waals surface area contributed by atoms with Crippen molar-refractivity contribution in [2.75, 3.05) is 37.0 Å². The highest BCUT2D eigenvalue weighted by molar-refractivity contribution is 7.41. The molecule has 23 nitrogen and oxygen atoms in total. The summed E-state index contributed by atoms with van der Waals surface area (Å²) in [5.74, 6) is -1.34. The van der Waals surface area contributed by atoms with E-state index in [4.69, 9.17) is 39.1 Å². The molecule has 1 unspecified atom stereocenters. The lowest BCUT2D eigenvalue weighted by atomic mass is 9.96. The van der Waals surface area contributed by atoms with Crippen molar-refractivity contribution < 1.29 is 56.4 Å². The number of ether oxygens (including phenoxy) is 4. The van der Waals surface area contributed by atoms with Crippen LogP contribution >= 0.6 is 8.60 Å². The molecular formula is C37H39FN11O12P. The smallest absolute Gasteiger partial charge is 0.450 e. The monoisotopic (exact) mass is 879 g/mol. The predicted molar refractivity (Wildman–Crippen MR) is 211 cm³/mol. The third kappa shape index (κ3) is 8.18. The normalized spacial score (nSPS) is 25.9. The van der Waals surface area contributed by atoms with Crippen molar-refractivity contribution in [3.05, 3.63) is 76.6 Å². The van der Waals surface area contributed by atoms with Gasteiger partial charge in [0.25, 0.3) is 11.5 Å². The van der Waals surface area contributed by atoms with Crippen molar-refractivity contribution in [3.63, 3.8) is 0 Å². The standard InChI is InChI=1S/C37H39FN11O12P/c1-5-37-14-55-25(34(60-37)48-16-42-22-27(40-15-41-28(22)48)44-31(51)19-9-7-6-8-10-19)26(37)61-62(56-12-11-39-4)57-13-20-21(38)24(59-36(53)54)33(58-20)49-17-43-23-29(49)45-35(47-32(23)52)46-30(50)18(2)3/h6-10,15-18,20-21,24-26,33-34H,5,11-14H2,1-3H3,(H,53,54)(H,40,41,44,51)(H2,45,46,47,50,52)/t20-,21+,24-,25-,26+,33-,34-,37+,62?/m1/s1. The van der Waals surface area contributed by atoms with Crippen LogP contribution in [0.2, 0.25) is 0 Å². The highest BCUT2D eigenvalue weighted by atomic mass is 31.2. The summed E-state index contributed by atoms with van der Waals surface area (Å²) in [5.41, 5.74) is -1.06. The van der Waals surface area contributed by atoms with Crippen molar-refractivity contribution in [2.45, 2.75) is 75.8 Å². The molecule has 3 fully saturated rings. The molecule has 7 heterocycles. The first-order valence-corrected chi connectivity index (χ1v) is 20.4. The Balaban J connectivity index is 1.01. The van der Waals surface area contributed by atoms with Crippen molar-refractivity contribution in [1.82, 2.24) is 39.0 Å². The van der Waals surface area contributed by atoms with Gasteiger partial charge in [0.2, 0.25) is 18.4 Å². The minimum Gasteiger partial charge on any atom is -0.450 e. The molecule has 2 amide bonds. The molecule has 0 radical (unpaired) electrons. The second-order valence-corrected chi connectivity index (χ2v) is 15.7. The summed E-state index contributed by atoms with van der Waals surface area (Å²) in [6.45, 7) is 11.8. The number of hydrogen-bond donors (Lipinski definition) is 4. The Bertz CT molecular complexity index is 2570. The van der Waals surface area contributed by atoms with Crippen LogP contribution in [-0.2, 0) is 37.3 Å². The van der Waals surface area contributed by atoms with E-state index < -0.39 is 93.3 Å². The van der Waals surface area contributed by atoms with Crippen LogP contribution in [0.1, 0.15) is 50.0 Å². The number of carboxylic acid groups (broad SMARTS) is 1. The maximum atomic E-state index is 16.2. The molecule has 0 aliphatic carbocycles. The van der Waals surface area contributed by atoms with Gasteiger partial charge < -0.3 is 47.8 Å². The van der Waals surface area contributed by atoms with Crippen LogP contribution in [0, 0.1) is 12.5 Å². The number of carbonyl (C=O) groups is 3. The first kappa shape index (κ1) is 42.6. The number of aromatic nitrogens is 8. The summed E-state index contributed by atoms with van der Waals surface area (Å²) < 4.78 is 61.2. The van der Waals surface area contributed by atoms with Gasteiger partial charge >= 0.3 is 14.8 Å². The van der Waals surface area contributed by atoms with Crippen LogP contribution in [-0.4, -0.2) is 125 Å². The van der Waals surface area contributed by atoms with Crippen LogP contribution in [0.3, 0.4) is 0 Å². The summed E-state index contributed by atoms with van der Waals surface area (Å²) in [4.78, 5) is 77.1. The Labute approximate surface area is 351 Å². The number of aromatic amines is 1. The highest BCUT2D eigenvalue weighted by Gasteiger charge is 2.63. The molecule has 1 aromatic carbocycles. The van der Waals surface area contributed by atoms with Gasteiger partial charge in [0.15, 0.2) is 52.9 Å². The van der Waals surface area contributed by atoms with Crippen molar-refractivity contribution >= 4 is 60.7 Å². The molecular weight excluding hydrogens is 840 g/mol. The van der Waals surface area contributed by atoms with Gasteiger partial charge in [0.05, 0.1) is 25.9 Å². The summed E-state index contributed by atoms with van der Waals surface area (Å²) in [7, 11) is -2.38. The summed E-state index contributed by atoms with van der Waals surface area (Å²) >= 11 is 0. The van der Waals surface area contributed by atoms with Crippen LogP contribution in [0.15, 0.2) is 54.1 Å². The second-order valence-electron chi connectivity index (χ2n) is 14.6. The lowest BCUT2D eigenvalue weighted by molar-refractivity contribution is -0.173. The van der Waals surface area contributed by atoms with Crippen molar-refractivity contribution in [3.8, 4) is 0 Å². The van der Waals surface area contributed by atoms with Gasteiger partial charge in [-0.3, -0.25) is 33.8 Å². The summed E-state index contributed by atoms with van der Waals surface area (Å²) in [5, 5.41) is 14.8. The van der Waals surface area contributed by atoms with Gasteiger partial charge in [0.1, 0.15) is 36.8 Å². The Morgan fingerprint density at radius 3 is 2.56 bits per heavy atom. The molecule has 3 aliphatic rings. The predicted octanol–water partition coefficient (Wildman–Crippen LogP) is 3.75. The van der Waals surface area contributed by atoms with E-state index in [0.29, 0.717) is 23.1 Å². The number of benzene rings is 1. The molecule has 62 heavy (non-hydrogen) atoms. The van der Waals surface area contributed by atoms with Crippen LogP contribution < -0.4 is 16.2 Å². The number of H-pyrrole nitrogens is 1. The number of nitrogens with one attached hydrogen (secondary N) is 3. The summed E-state index contributed by atoms with van der Waals surface area (Å²) in [6.07, 6.45) is -6.91. The third-order valence-electron chi connectivity index (χ3n) is 10.4. The molecule has 8 rings (SSSR count). The van der Waals surface area contributed by atoms with E-state index in [1.165, 1.54) is 12.7 Å². The van der Waals surface area contributed by atoms with Crippen molar-refractivity contribution in [2.24, 2.45) is 5.92 Å². The number of rotatable bonds is 16. The second kappa shape index (κ2) is 17.7. The number of halogens is 1. The maximum Gasteiger partial charge on any atom is 0.506 e. The number of carbonyl (C=O) groups excluding carboxylic acids is 2. The van der Waals surface area contributed by atoms with E-state index in [9.17, 15) is 24.3 Å². The van der Waals surface area contributed by atoms with E-state index in [1.807, 2.05) is 6.92 Å². The number of imidazole rings is 2. The Kier molecular flexibility index (Phi) is 12.2. The van der Waals surface area contributed by atoms with Crippen LogP contribution in [0.25, 0.3) is 27.2 Å². The number of hydrogen-bond acceptors (Lipinski definition) is 16. The maximum absolute atomic E-state index is 16.2. The Morgan fingerprint density at radius 1 is 1.08 bits per heavy atom. The topological polar surface area (TPSA) is 272 Å². The Hall–Kier alpha value is -6.06. The number of anilines is 2. The van der Waals surface area contributed by atoms with Gasteiger partial charge in [-0.25, -0.2) is 35.7 Å². The fourth-order valence-electron chi connectivity index (χ4n) is 7.22. The van der Waals surface area contributed by atoms with E-state index in [1.54, 1.807) is 48.7 Å². The molecule has 326 valence electrons. The van der Waals surface area contributed by atoms with Gasteiger partial charge in [0, 0.05) is 11.5 Å². The average Bonchev–Trinajstić information content (AvgIpc) is 4.08. The third-order valence-corrected chi connectivity index (χ3v) is 11.5. The van der Waals surface area contributed by atoms with Gasteiger partial charge in [-0.15, -0.1) is 0 Å². The molecule has 4 aromatic heterocycles. The van der Waals surface area contributed by atoms with Gasteiger partial charge in [-0.05, 0) is 18.6 Å². The summed E-state index contributed by atoms with van der Waals surface area (Å²) in [6, 6.07) is 8.60. The molecule has 3 aliphatic heterocycles. The van der Waals surface area contributed by atoms with Crippen molar-refractivity contribution in [1.29, 1.82) is 0 Å². The number of alkyl halides is 1. The first-order valence-electron chi connectivity index (χ1n) is 19.3. The largest absolute Gasteiger partial charge is 0.506 e. The van der Waals surface area contributed by atoms with Crippen LogP contribution in [0.5, 0.6) is 0 Å². The van der Waals surface area contributed by atoms with Crippen LogP contribution in [0.4, 0.5) is 21.0 Å². The fourth-order valence-corrected chi connectivity index (χ4v) is 8.41. The molecule has 0 saturated carbocycles. The van der Waals surface area contributed by atoms with E-state index in [0.717, 1.165) is 10.9 Å². The highest BCUT2D eigenvalue weighted by Crippen LogP contribution is 2.55. The van der Waals surface area contributed by atoms with E-state index >= 15 is 4.39 Å². The molecule has 9 atom stereocenters.